The normalized spacial score (nSPS) is 13.3. The average Bonchev–Trinajstić information content (AvgIpc) is 2.90. The molecule has 0 saturated carbocycles. The molecule has 0 fully saturated rings. The molecule has 0 aliphatic carbocycles. The van der Waals surface area contributed by atoms with E-state index in [2.05, 4.69) is 4.98 Å². The SMILES string of the molecule is Cc1[nH]c2ccc(S(=O)(=O)c3ccccc3)cc2c1C(C)CN. The monoisotopic (exact) mass is 328 g/mol. The van der Waals surface area contributed by atoms with Gasteiger partial charge >= 0.3 is 0 Å². The van der Waals surface area contributed by atoms with E-state index in [4.69, 9.17) is 5.73 Å². The number of hydrogen-bond donors (Lipinski definition) is 2. The van der Waals surface area contributed by atoms with Gasteiger partial charge in [-0.2, -0.15) is 0 Å². The fraction of sp³-hybridized carbons (Fsp3) is 0.222. The van der Waals surface area contributed by atoms with Crippen molar-refractivity contribution < 1.29 is 8.42 Å². The van der Waals surface area contributed by atoms with Crippen LogP contribution in [0.5, 0.6) is 0 Å². The molecule has 23 heavy (non-hydrogen) atoms. The Balaban J connectivity index is 2.21. The lowest BCUT2D eigenvalue weighted by molar-refractivity contribution is 0.596. The molecule has 0 radical (unpaired) electrons. The summed E-state index contributed by atoms with van der Waals surface area (Å²) in [6.45, 7) is 4.56. The van der Waals surface area contributed by atoms with Gasteiger partial charge in [-0.05, 0) is 55.3 Å². The first-order valence-corrected chi connectivity index (χ1v) is 9.06. The Kier molecular flexibility index (Phi) is 4.00. The number of hydrogen-bond acceptors (Lipinski definition) is 3. The Morgan fingerprint density at radius 3 is 2.43 bits per heavy atom. The van der Waals surface area contributed by atoms with Crippen molar-refractivity contribution >= 4 is 20.7 Å². The van der Waals surface area contributed by atoms with Crippen LogP contribution in [0.15, 0.2) is 58.3 Å². The minimum atomic E-state index is -3.52. The molecular weight excluding hydrogens is 308 g/mol. The van der Waals surface area contributed by atoms with Crippen LogP contribution in [0.3, 0.4) is 0 Å². The highest BCUT2D eigenvalue weighted by Gasteiger charge is 2.20. The molecule has 0 saturated heterocycles. The van der Waals surface area contributed by atoms with Gasteiger partial charge in [-0.25, -0.2) is 8.42 Å². The molecule has 1 unspecified atom stereocenters. The zero-order chi connectivity index (χ0) is 16.6. The second kappa shape index (κ2) is 5.83. The van der Waals surface area contributed by atoms with Gasteiger partial charge in [-0.1, -0.05) is 25.1 Å². The maximum Gasteiger partial charge on any atom is 0.206 e. The molecule has 120 valence electrons. The summed E-state index contributed by atoms with van der Waals surface area (Å²) in [5.74, 6) is 0.165. The second-order valence-electron chi connectivity index (χ2n) is 5.82. The van der Waals surface area contributed by atoms with Gasteiger partial charge in [0.25, 0.3) is 0 Å². The summed E-state index contributed by atoms with van der Waals surface area (Å²) in [5.41, 5.74) is 8.87. The van der Waals surface area contributed by atoms with Gasteiger partial charge < -0.3 is 10.7 Å². The molecule has 0 amide bonds. The molecule has 3 rings (SSSR count). The number of aromatic nitrogens is 1. The molecule has 1 heterocycles. The third-order valence-electron chi connectivity index (χ3n) is 4.22. The number of aryl methyl sites for hydroxylation is 1. The second-order valence-corrected chi connectivity index (χ2v) is 7.77. The first-order chi connectivity index (χ1) is 10.9. The van der Waals surface area contributed by atoms with E-state index in [9.17, 15) is 8.42 Å². The van der Waals surface area contributed by atoms with E-state index in [1.54, 1.807) is 42.5 Å². The van der Waals surface area contributed by atoms with Gasteiger partial charge in [-0.3, -0.25) is 0 Å². The standard InChI is InChI=1S/C18H20N2O2S/c1-12(11-19)18-13(2)20-17-9-8-15(10-16(17)18)23(21,22)14-6-4-3-5-7-14/h3-10,12,20H,11,19H2,1-2H3. The number of benzene rings is 2. The minimum absolute atomic E-state index is 0.165. The summed E-state index contributed by atoms with van der Waals surface area (Å²) in [5, 5.41) is 0.928. The van der Waals surface area contributed by atoms with Crippen LogP contribution in [0, 0.1) is 6.92 Å². The molecule has 0 aliphatic heterocycles. The summed E-state index contributed by atoms with van der Waals surface area (Å²) in [4.78, 5) is 3.92. The number of nitrogens with two attached hydrogens (primary N) is 1. The van der Waals surface area contributed by atoms with Crippen molar-refractivity contribution in [1.82, 2.24) is 4.98 Å². The maximum absolute atomic E-state index is 12.8. The van der Waals surface area contributed by atoms with Gasteiger partial charge in [-0.15, -0.1) is 0 Å². The lowest BCUT2D eigenvalue weighted by atomic mass is 9.98. The quantitative estimate of drug-likeness (QED) is 0.771. The Bertz CT molecular complexity index is 944. The Morgan fingerprint density at radius 1 is 1.09 bits per heavy atom. The van der Waals surface area contributed by atoms with Crippen molar-refractivity contribution in [2.24, 2.45) is 5.73 Å². The number of rotatable bonds is 4. The van der Waals surface area contributed by atoms with E-state index in [-0.39, 0.29) is 5.92 Å². The molecular formula is C18H20N2O2S. The molecule has 5 heteroatoms. The molecule has 0 bridgehead atoms. The third-order valence-corrected chi connectivity index (χ3v) is 5.98. The Labute approximate surface area is 136 Å². The minimum Gasteiger partial charge on any atom is -0.358 e. The molecule has 3 aromatic rings. The Hall–Kier alpha value is -2.11. The average molecular weight is 328 g/mol. The zero-order valence-corrected chi connectivity index (χ0v) is 14.0. The summed E-state index contributed by atoms with van der Waals surface area (Å²) in [6, 6.07) is 13.7. The van der Waals surface area contributed by atoms with Crippen LogP contribution in [-0.2, 0) is 9.84 Å². The lowest BCUT2D eigenvalue weighted by Crippen LogP contribution is -2.09. The largest absolute Gasteiger partial charge is 0.358 e. The smallest absolute Gasteiger partial charge is 0.206 e. The lowest BCUT2D eigenvalue weighted by Gasteiger charge is -2.10. The van der Waals surface area contributed by atoms with Crippen molar-refractivity contribution in [1.29, 1.82) is 0 Å². The van der Waals surface area contributed by atoms with E-state index in [0.717, 1.165) is 22.2 Å². The van der Waals surface area contributed by atoms with Crippen LogP contribution in [0.2, 0.25) is 0 Å². The van der Waals surface area contributed by atoms with Crippen LogP contribution in [0.1, 0.15) is 24.1 Å². The molecule has 2 aromatic carbocycles. The third kappa shape index (κ3) is 2.66. The van der Waals surface area contributed by atoms with Gasteiger partial charge in [0.1, 0.15) is 0 Å². The molecule has 1 atom stereocenters. The topological polar surface area (TPSA) is 76.0 Å². The predicted octanol–water partition coefficient (Wildman–Crippen LogP) is 3.37. The van der Waals surface area contributed by atoms with Crippen LogP contribution >= 0.6 is 0 Å². The summed E-state index contributed by atoms with van der Waals surface area (Å²) in [7, 11) is -3.52. The molecule has 4 nitrogen and oxygen atoms in total. The van der Waals surface area contributed by atoms with E-state index in [1.165, 1.54) is 0 Å². The van der Waals surface area contributed by atoms with Crippen molar-refractivity contribution in [3.63, 3.8) is 0 Å². The number of sulfone groups is 1. The Morgan fingerprint density at radius 2 is 1.78 bits per heavy atom. The molecule has 0 aliphatic rings. The highest BCUT2D eigenvalue weighted by atomic mass is 32.2. The summed E-state index contributed by atoms with van der Waals surface area (Å²) < 4.78 is 25.6. The van der Waals surface area contributed by atoms with Gasteiger partial charge in [0.05, 0.1) is 9.79 Å². The number of H-pyrrole nitrogens is 1. The highest BCUT2D eigenvalue weighted by molar-refractivity contribution is 7.91. The number of aromatic amines is 1. The first kappa shape index (κ1) is 15.8. The van der Waals surface area contributed by atoms with Gasteiger partial charge in [0.2, 0.25) is 9.84 Å². The summed E-state index contributed by atoms with van der Waals surface area (Å²) in [6.07, 6.45) is 0. The van der Waals surface area contributed by atoms with Crippen LogP contribution in [0.4, 0.5) is 0 Å². The maximum atomic E-state index is 12.8. The van der Waals surface area contributed by atoms with E-state index >= 15 is 0 Å². The van der Waals surface area contributed by atoms with Crippen molar-refractivity contribution in [3.05, 3.63) is 59.8 Å². The fourth-order valence-electron chi connectivity index (χ4n) is 2.98. The van der Waals surface area contributed by atoms with Gasteiger partial charge in [0.15, 0.2) is 0 Å². The number of fused-ring (bicyclic) bond motifs is 1. The molecule has 1 aromatic heterocycles. The highest BCUT2D eigenvalue weighted by Crippen LogP contribution is 2.31. The molecule has 3 N–H and O–H groups in total. The van der Waals surface area contributed by atoms with Crippen molar-refractivity contribution in [2.75, 3.05) is 6.54 Å². The zero-order valence-electron chi connectivity index (χ0n) is 13.2. The van der Waals surface area contributed by atoms with Gasteiger partial charge in [0, 0.05) is 16.6 Å². The van der Waals surface area contributed by atoms with Crippen LogP contribution in [0.25, 0.3) is 10.9 Å². The fourth-order valence-corrected chi connectivity index (χ4v) is 4.29. The molecule has 0 spiro atoms. The van der Waals surface area contributed by atoms with E-state index in [1.807, 2.05) is 19.9 Å². The predicted molar refractivity (Wildman–Crippen MR) is 92.4 cm³/mol. The first-order valence-electron chi connectivity index (χ1n) is 7.57. The van der Waals surface area contributed by atoms with Crippen LogP contribution in [-0.4, -0.2) is 19.9 Å². The van der Waals surface area contributed by atoms with Crippen LogP contribution < -0.4 is 5.73 Å². The van der Waals surface area contributed by atoms with Crippen molar-refractivity contribution in [2.45, 2.75) is 29.6 Å². The van der Waals surface area contributed by atoms with E-state index in [0.29, 0.717) is 16.3 Å². The van der Waals surface area contributed by atoms with E-state index < -0.39 is 9.84 Å². The van der Waals surface area contributed by atoms with Crippen molar-refractivity contribution in [3.8, 4) is 0 Å². The number of nitrogens with one attached hydrogen (secondary N) is 1. The summed E-state index contributed by atoms with van der Waals surface area (Å²) >= 11 is 0.